The predicted octanol–water partition coefficient (Wildman–Crippen LogP) is 3.03. The Morgan fingerprint density at radius 2 is 1.74 bits per heavy atom. The Morgan fingerprint density at radius 3 is 2.50 bits per heavy atom. The average Bonchev–Trinajstić information content (AvgIpc) is 3.62. The molecule has 1 aliphatic rings. The van der Waals surface area contributed by atoms with Crippen LogP contribution in [0, 0.1) is 13.8 Å². The lowest BCUT2D eigenvalue weighted by Crippen LogP contribution is -2.37. The molecule has 0 bridgehead atoms. The number of hydrogen-bond donors (Lipinski definition) is 1. The van der Waals surface area contributed by atoms with Gasteiger partial charge in [0.1, 0.15) is 17.2 Å². The average molecular weight is 513 g/mol. The number of fused-ring (bicyclic) bond motifs is 1. The van der Waals surface area contributed by atoms with E-state index in [4.69, 9.17) is 30.8 Å². The van der Waals surface area contributed by atoms with Crippen LogP contribution >= 0.6 is 0 Å². The first-order valence-corrected chi connectivity index (χ1v) is 12.8. The maximum Gasteiger partial charge on any atom is 0.160 e. The molecule has 0 aromatic carbocycles. The molecular formula is C27H32N10O. The smallest absolute Gasteiger partial charge is 0.160 e. The van der Waals surface area contributed by atoms with Gasteiger partial charge in [0, 0.05) is 60.1 Å². The molecule has 0 unspecified atom stereocenters. The number of anilines is 1. The molecule has 0 amide bonds. The van der Waals surface area contributed by atoms with Crippen LogP contribution in [0.1, 0.15) is 25.2 Å². The summed E-state index contributed by atoms with van der Waals surface area (Å²) in [5.74, 6) is 1.66. The molecule has 11 nitrogen and oxygen atoms in total. The summed E-state index contributed by atoms with van der Waals surface area (Å²) in [5.41, 5.74) is 12.0. The van der Waals surface area contributed by atoms with Crippen molar-refractivity contribution in [3.8, 4) is 28.5 Å². The van der Waals surface area contributed by atoms with E-state index in [2.05, 4.69) is 9.88 Å². The molecular weight excluding hydrogens is 480 g/mol. The first-order valence-electron chi connectivity index (χ1n) is 12.8. The van der Waals surface area contributed by atoms with E-state index >= 15 is 0 Å². The number of nitrogens with zero attached hydrogens (tertiary/aromatic N) is 9. The molecule has 6 heterocycles. The lowest BCUT2D eigenvalue weighted by atomic mass is 10.1. The predicted molar refractivity (Wildman–Crippen MR) is 145 cm³/mol. The molecule has 5 aromatic rings. The maximum atomic E-state index is 6.25. The molecule has 5 aromatic heterocycles. The van der Waals surface area contributed by atoms with Gasteiger partial charge in [-0.25, -0.2) is 9.67 Å². The fourth-order valence-electron chi connectivity index (χ4n) is 4.70. The quantitative estimate of drug-likeness (QED) is 0.369. The Balaban J connectivity index is 1.43. The van der Waals surface area contributed by atoms with Crippen molar-refractivity contribution >= 4 is 11.5 Å². The first-order chi connectivity index (χ1) is 18.2. The van der Waals surface area contributed by atoms with Crippen molar-refractivity contribution in [2.75, 3.05) is 31.2 Å². The first kappa shape index (κ1) is 24.3. The molecule has 0 radical (unpaired) electrons. The van der Waals surface area contributed by atoms with Gasteiger partial charge in [-0.1, -0.05) is 0 Å². The summed E-state index contributed by atoms with van der Waals surface area (Å²) in [6.07, 6.45) is 3.74. The maximum absolute atomic E-state index is 6.25. The van der Waals surface area contributed by atoms with Crippen molar-refractivity contribution < 1.29 is 4.74 Å². The molecule has 1 aliphatic heterocycles. The van der Waals surface area contributed by atoms with Crippen LogP contribution in [-0.4, -0.2) is 71.0 Å². The lowest BCUT2D eigenvalue weighted by Gasteiger charge is -2.29. The number of rotatable bonds is 6. The van der Waals surface area contributed by atoms with E-state index in [0.29, 0.717) is 25.6 Å². The van der Waals surface area contributed by atoms with Gasteiger partial charge in [-0.05, 0) is 52.0 Å². The molecule has 1 saturated heterocycles. The highest BCUT2D eigenvalue weighted by molar-refractivity contribution is 5.65. The van der Waals surface area contributed by atoms with Gasteiger partial charge in [0.15, 0.2) is 11.5 Å². The van der Waals surface area contributed by atoms with Gasteiger partial charge in [0.25, 0.3) is 0 Å². The fraction of sp³-hybridized carbons (Fsp3) is 0.370. The van der Waals surface area contributed by atoms with Gasteiger partial charge in [-0.3, -0.25) is 9.67 Å². The van der Waals surface area contributed by atoms with Crippen LogP contribution in [0.15, 0.2) is 48.8 Å². The Hall–Kier alpha value is -4.09. The van der Waals surface area contributed by atoms with Crippen molar-refractivity contribution in [1.29, 1.82) is 0 Å². The second kappa shape index (κ2) is 9.34. The largest absolute Gasteiger partial charge is 0.378 e. The van der Waals surface area contributed by atoms with Crippen LogP contribution < -0.4 is 10.6 Å². The summed E-state index contributed by atoms with van der Waals surface area (Å²) in [6, 6.07) is 12.0. The molecule has 38 heavy (non-hydrogen) atoms. The Morgan fingerprint density at radius 1 is 0.947 bits per heavy atom. The molecule has 1 fully saturated rings. The summed E-state index contributed by atoms with van der Waals surface area (Å²) in [4.78, 5) is 11.5. The Bertz CT molecular complexity index is 1600. The zero-order valence-electron chi connectivity index (χ0n) is 22.2. The Kier molecular flexibility index (Phi) is 5.96. The Labute approximate surface area is 220 Å². The molecule has 0 saturated carbocycles. The highest BCUT2D eigenvalue weighted by Crippen LogP contribution is 2.26. The second-order valence-electron chi connectivity index (χ2n) is 10.5. The second-order valence-corrected chi connectivity index (χ2v) is 10.5. The van der Waals surface area contributed by atoms with E-state index in [1.165, 1.54) is 0 Å². The van der Waals surface area contributed by atoms with E-state index < -0.39 is 0 Å². The van der Waals surface area contributed by atoms with Crippen molar-refractivity contribution in [3.63, 3.8) is 0 Å². The molecule has 196 valence electrons. The number of aryl methyl sites for hydroxylation is 2. The third kappa shape index (κ3) is 4.77. The van der Waals surface area contributed by atoms with Crippen LogP contribution in [-0.2, 0) is 11.3 Å². The highest BCUT2D eigenvalue weighted by atomic mass is 16.5. The zero-order valence-corrected chi connectivity index (χ0v) is 22.2. The van der Waals surface area contributed by atoms with Crippen LogP contribution in [0.4, 0.5) is 5.82 Å². The topological polar surface area (TPSA) is 117 Å². The highest BCUT2D eigenvalue weighted by Gasteiger charge is 2.21. The number of ether oxygens (including phenoxy) is 1. The van der Waals surface area contributed by atoms with Crippen molar-refractivity contribution in [2.45, 2.75) is 39.8 Å². The van der Waals surface area contributed by atoms with Crippen LogP contribution in [0.5, 0.6) is 0 Å². The monoisotopic (exact) mass is 512 g/mol. The third-order valence-corrected chi connectivity index (χ3v) is 6.55. The van der Waals surface area contributed by atoms with Crippen molar-refractivity contribution in [3.05, 3.63) is 60.2 Å². The number of hydrogen-bond acceptors (Lipinski definition) is 8. The SMILES string of the molecule is Cc1cc(-c2ccn(-c3cc(N4CCOCC4)n4nc(-c5cc(C)n(CC(C)(C)N)n5)cc4n3)n2)ccn1. The van der Waals surface area contributed by atoms with Gasteiger partial charge < -0.3 is 15.4 Å². The summed E-state index contributed by atoms with van der Waals surface area (Å²) < 4.78 is 11.2. The summed E-state index contributed by atoms with van der Waals surface area (Å²) >= 11 is 0. The van der Waals surface area contributed by atoms with E-state index in [1.54, 1.807) is 6.20 Å². The normalized spacial score (nSPS) is 14.5. The summed E-state index contributed by atoms with van der Waals surface area (Å²) in [7, 11) is 0. The van der Waals surface area contributed by atoms with Gasteiger partial charge in [-0.15, -0.1) is 0 Å². The lowest BCUT2D eigenvalue weighted by molar-refractivity contribution is 0.122. The van der Waals surface area contributed by atoms with E-state index in [-0.39, 0.29) is 5.54 Å². The summed E-state index contributed by atoms with van der Waals surface area (Å²) in [5, 5.41) is 14.6. The molecule has 11 heteroatoms. The van der Waals surface area contributed by atoms with E-state index in [1.807, 2.05) is 84.2 Å². The number of morpholine rings is 1. The molecule has 0 spiro atoms. The van der Waals surface area contributed by atoms with Crippen LogP contribution in [0.2, 0.25) is 0 Å². The standard InChI is InChI=1S/C27H32N10O/c1-18-13-20(5-7-29-18)21-6-8-35(31-21)24-16-26(34-9-11-38-12-10-34)37-25(30-24)15-23(33-37)22-14-19(2)36(32-22)17-27(3,4)28/h5-8,13-16H,9-12,17,28H2,1-4H3. The van der Waals surface area contributed by atoms with Gasteiger partial charge >= 0.3 is 0 Å². The zero-order chi connectivity index (χ0) is 26.4. The van der Waals surface area contributed by atoms with E-state index in [9.17, 15) is 0 Å². The van der Waals surface area contributed by atoms with E-state index in [0.717, 1.165) is 58.6 Å². The van der Waals surface area contributed by atoms with Crippen molar-refractivity contribution in [2.24, 2.45) is 5.73 Å². The molecule has 2 N–H and O–H groups in total. The number of nitrogens with two attached hydrogens (primary N) is 1. The molecule has 0 atom stereocenters. The summed E-state index contributed by atoms with van der Waals surface area (Å²) in [6.45, 7) is 11.5. The number of aromatic nitrogens is 8. The third-order valence-electron chi connectivity index (χ3n) is 6.55. The van der Waals surface area contributed by atoms with Gasteiger partial charge in [0.2, 0.25) is 0 Å². The van der Waals surface area contributed by atoms with Gasteiger partial charge in [0.05, 0.1) is 25.5 Å². The van der Waals surface area contributed by atoms with Crippen LogP contribution in [0.3, 0.4) is 0 Å². The minimum absolute atomic E-state index is 0.371. The number of pyridine rings is 1. The van der Waals surface area contributed by atoms with Gasteiger partial charge in [-0.2, -0.15) is 19.8 Å². The fourth-order valence-corrected chi connectivity index (χ4v) is 4.70. The molecule has 6 rings (SSSR count). The van der Waals surface area contributed by atoms with Crippen LogP contribution in [0.25, 0.3) is 34.1 Å². The minimum atomic E-state index is -0.371. The minimum Gasteiger partial charge on any atom is -0.378 e. The molecule has 0 aliphatic carbocycles. The van der Waals surface area contributed by atoms with Crippen molar-refractivity contribution in [1.82, 2.24) is 39.1 Å².